The topological polar surface area (TPSA) is 79.9 Å². The quantitative estimate of drug-likeness (QED) is 0.230. The second-order valence-electron chi connectivity index (χ2n) is 8.65. The van der Waals surface area contributed by atoms with Crippen LogP contribution >= 0.6 is 11.8 Å². The second kappa shape index (κ2) is 11.1. The van der Waals surface area contributed by atoms with E-state index in [4.69, 9.17) is 4.74 Å². The van der Waals surface area contributed by atoms with Gasteiger partial charge in [0.25, 0.3) is 5.91 Å². The van der Waals surface area contributed by atoms with Crippen LogP contribution in [0.15, 0.2) is 101 Å². The van der Waals surface area contributed by atoms with Gasteiger partial charge in [0.15, 0.2) is 0 Å². The number of H-pyrrole nitrogens is 1. The highest BCUT2D eigenvalue weighted by atomic mass is 32.2. The molecule has 2 aromatic heterocycles. The molecule has 0 saturated carbocycles. The summed E-state index contributed by atoms with van der Waals surface area (Å²) in [4.78, 5) is 19.3. The highest BCUT2D eigenvalue weighted by molar-refractivity contribution is 7.99. The fraction of sp³-hybridized carbons (Fsp3) is 0.100. The van der Waals surface area contributed by atoms with Crippen molar-refractivity contribution in [3.8, 4) is 5.75 Å². The molecule has 7 heteroatoms. The van der Waals surface area contributed by atoms with Crippen molar-refractivity contribution in [3.63, 3.8) is 0 Å². The molecule has 3 aromatic carbocycles. The standard InChI is InChI=1S/C30H26N4O2S/c1-20(2)36-23-13-10-22(11-14-23)32-30(35)26-8-3-4-9-29(26)37-24-15-16-25-27(33-34-28(25)19-24)17-12-21-7-5-6-18-31-21/h3-20H,1-2H3,(H,32,35)(H,33,34)/b17-12+. The van der Waals surface area contributed by atoms with Gasteiger partial charge in [0.1, 0.15) is 5.75 Å². The number of nitrogens with zero attached hydrogens (tertiary/aromatic N) is 2. The zero-order valence-electron chi connectivity index (χ0n) is 20.5. The van der Waals surface area contributed by atoms with E-state index < -0.39 is 0 Å². The van der Waals surface area contributed by atoms with Crippen LogP contribution in [0.2, 0.25) is 0 Å². The summed E-state index contributed by atoms with van der Waals surface area (Å²) >= 11 is 1.54. The fourth-order valence-corrected chi connectivity index (χ4v) is 4.79. The Balaban J connectivity index is 1.31. The molecule has 2 heterocycles. The molecular weight excluding hydrogens is 480 g/mol. The number of amides is 1. The van der Waals surface area contributed by atoms with Crippen LogP contribution in [-0.4, -0.2) is 27.2 Å². The van der Waals surface area contributed by atoms with Crippen LogP contribution in [0.5, 0.6) is 5.75 Å². The molecule has 37 heavy (non-hydrogen) atoms. The lowest BCUT2D eigenvalue weighted by molar-refractivity contribution is 0.102. The molecule has 0 radical (unpaired) electrons. The van der Waals surface area contributed by atoms with Crippen molar-refractivity contribution in [1.82, 2.24) is 15.2 Å². The van der Waals surface area contributed by atoms with E-state index in [1.165, 1.54) is 0 Å². The van der Waals surface area contributed by atoms with Gasteiger partial charge in [-0.05, 0) is 92.7 Å². The SMILES string of the molecule is CC(C)Oc1ccc(NC(=O)c2ccccc2Sc2ccc3c(/C=C/c4ccccn4)n[nH]c3c2)cc1. The fourth-order valence-electron chi connectivity index (χ4n) is 3.81. The zero-order chi connectivity index (χ0) is 25.6. The summed E-state index contributed by atoms with van der Waals surface area (Å²) in [5, 5.41) is 11.6. The number of aromatic amines is 1. The molecule has 0 unspecified atom stereocenters. The minimum atomic E-state index is -0.162. The number of fused-ring (bicyclic) bond motifs is 1. The summed E-state index contributed by atoms with van der Waals surface area (Å²) in [6, 6.07) is 26.9. The Morgan fingerprint density at radius 1 is 0.973 bits per heavy atom. The van der Waals surface area contributed by atoms with Gasteiger partial charge in [-0.25, -0.2) is 0 Å². The van der Waals surface area contributed by atoms with Crippen LogP contribution in [0.1, 0.15) is 35.6 Å². The number of nitrogens with one attached hydrogen (secondary N) is 2. The Hall–Kier alpha value is -4.36. The molecule has 5 rings (SSSR count). The van der Waals surface area contributed by atoms with Crippen LogP contribution in [0, 0.1) is 0 Å². The van der Waals surface area contributed by atoms with Gasteiger partial charge >= 0.3 is 0 Å². The maximum Gasteiger partial charge on any atom is 0.256 e. The predicted octanol–water partition coefficient (Wildman–Crippen LogP) is 7.32. The number of ether oxygens (including phenoxy) is 1. The van der Waals surface area contributed by atoms with Crippen molar-refractivity contribution in [3.05, 3.63) is 108 Å². The average molecular weight is 507 g/mol. The smallest absolute Gasteiger partial charge is 0.256 e. The number of carbonyl (C=O) groups is 1. The molecule has 2 N–H and O–H groups in total. The Labute approximate surface area is 219 Å². The third-order valence-electron chi connectivity index (χ3n) is 5.51. The highest BCUT2D eigenvalue weighted by Gasteiger charge is 2.13. The van der Waals surface area contributed by atoms with E-state index in [2.05, 4.69) is 20.5 Å². The van der Waals surface area contributed by atoms with Gasteiger partial charge in [-0.2, -0.15) is 5.10 Å². The van der Waals surface area contributed by atoms with E-state index in [1.54, 1.807) is 18.0 Å². The molecule has 184 valence electrons. The van der Waals surface area contributed by atoms with E-state index in [9.17, 15) is 4.79 Å². The first-order valence-corrected chi connectivity index (χ1v) is 12.8. The van der Waals surface area contributed by atoms with Crippen molar-refractivity contribution in [2.24, 2.45) is 0 Å². The number of rotatable bonds is 8. The monoisotopic (exact) mass is 506 g/mol. The van der Waals surface area contributed by atoms with Gasteiger partial charge in [0.2, 0.25) is 0 Å². The average Bonchev–Trinajstić information content (AvgIpc) is 3.31. The van der Waals surface area contributed by atoms with Crippen LogP contribution in [-0.2, 0) is 0 Å². The zero-order valence-corrected chi connectivity index (χ0v) is 21.3. The number of pyridine rings is 1. The molecular formula is C30H26N4O2S. The lowest BCUT2D eigenvalue weighted by Crippen LogP contribution is -2.13. The van der Waals surface area contributed by atoms with Crippen LogP contribution in [0.25, 0.3) is 23.1 Å². The van der Waals surface area contributed by atoms with E-state index in [0.29, 0.717) is 11.3 Å². The van der Waals surface area contributed by atoms with E-state index in [1.807, 2.05) is 111 Å². The summed E-state index contributed by atoms with van der Waals surface area (Å²) in [5.74, 6) is 0.610. The number of carbonyl (C=O) groups excluding carboxylic acids is 1. The first-order valence-electron chi connectivity index (χ1n) is 12.0. The summed E-state index contributed by atoms with van der Waals surface area (Å²) in [5.41, 5.74) is 3.98. The first kappa shape index (κ1) is 24.3. The summed E-state index contributed by atoms with van der Waals surface area (Å²) in [6.07, 6.45) is 5.76. The lowest BCUT2D eigenvalue weighted by Gasteiger charge is -2.12. The van der Waals surface area contributed by atoms with Gasteiger partial charge in [-0.15, -0.1) is 0 Å². The normalized spacial score (nSPS) is 11.3. The lowest BCUT2D eigenvalue weighted by atomic mass is 10.2. The van der Waals surface area contributed by atoms with Crippen LogP contribution in [0.4, 0.5) is 5.69 Å². The predicted molar refractivity (Wildman–Crippen MR) is 150 cm³/mol. The third kappa shape index (κ3) is 6.08. The van der Waals surface area contributed by atoms with Crippen molar-refractivity contribution < 1.29 is 9.53 Å². The Morgan fingerprint density at radius 2 is 1.78 bits per heavy atom. The maximum absolute atomic E-state index is 13.1. The van der Waals surface area contributed by atoms with E-state index in [0.717, 1.165) is 37.8 Å². The van der Waals surface area contributed by atoms with Gasteiger partial charge in [0, 0.05) is 27.1 Å². The van der Waals surface area contributed by atoms with Crippen LogP contribution < -0.4 is 10.1 Å². The molecule has 0 saturated heterocycles. The number of aromatic nitrogens is 3. The van der Waals surface area contributed by atoms with Crippen molar-refractivity contribution in [2.45, 2.75) is 29.7 Å². The molecule has 0 atom stereocenters. The number of benzene rings is 3. The number of hydrogen-bond donors (Lipinski definition) is 2. The van der Waals surface area contributed by atoms with Crippen molar-refractivity contribution in [1.29, 1.82) is 0 Å². The minimum absolute atomic E-state index is 0.0972. The second-order valence-corrected chi connectivity index (χ2v) is 9.76. The van der Waals surface area contributed by atoms with Crippen molar-refractivity contribution in [2.75, 3.05) is 5.32 Å². The Kier molecular flexibility index (Phi) is 7.33. The Bertz CT molecular complexity index is 1540. The summed E-state index contributed by atoms with van der Waals surface area (Å²) in [7, 11) is 0. The molecule has 0 spiro atoms. The molecule has 0 aliphatic rings. The third-order valence-corrected chi connectivity index (χ3v) is 6.57. The molecule has 0 aliphatic heterocycles. The number of anilines is 1. The summed E-state index contributed by atoms with van der Waals surface area (Å²) in [6.45, 7) is 3.96. The van der Waals surface area contributed by atoms with Gasteiger partial charge < -0.3 is 10.1 Å². The van der Waals surface area contributed by atoms with Gasteiger partial charge in [0.05, 0.1) is 28.6 Å². The van der Waals surface area contributed by atoms with E-state index in [-0.39, 0.29) is 12.0 Å². The first-order chi connectivity index (χ1) is 18.0. The largest absolute Gasteiger partial charge is 0.491 e. The molecule has 5 aromatic rings. The molecule has 0 aliphatic carbocycles. The van der Waals surface area contributed by atoms with E-state index >= 15 is 0 Å². The molecule has 6 nitrogen and oxygen atoms in total. The molecule has 0 bridgehead atoms. The van der Waals surface area contributed by atoms with Gasteiger partial charge in [-0.1, -0.05) is 30.0 Å². The number of hydrogen-bond acceptors (Lipinski definition) is 5. The van der Waals surface area contributed by atoms with Gasteiger partial charge in [-0.3, -0.25) is 14.9 Å². The highest BCUT2D eigenvalue weighted by Crippen LogP contribution is 2.33. The Morgan fingerprint density at radius 3 is 2.57 bits per heavy atom. The van der Waals surface area contributed by atoms with Crippen LogP contribution in [0.3, 0.4) is 0 Å². The molecule has 1 amide bonds. The molecule has 0 fully saturated rings. The minimum Gasteiger partial charge on any atom is -0.491 e. The summed E-state index contributed by atoms with van der Waals surface area (Å²) < 4.78 is 5.68. The van der Waals surface area contributed by atoms with Crippen molar-refractivity contribution >= 4 is 46.4 Å². The maximum atomic E-state index is 13.1.